The Morgan fingerprint density at radius 1 is 0.909 bits per heavy atom. The van der Waals surface area contributed by atoms with Crippen LogP contribution in [0, 0.1) is 0 Å². The van der Waals surface area contributed by atoms with E-state index >= 15 is 0 Å². The van der Waals surface area contributed by atoms with Crippen LogP contribution in [0.25, 0.3) is 0 Å². The van der Waals surface area contributed by atoms with Crippen LogP contribution >= 0.6 is 0 Å². The van der Waals surface area contributed by atoms with E-state index < -0.39 is 12.6 Å². The zero-order chi connectivity index (χ0) is 8.43. The number of hydrogen-bond donors (Lipinski definition) is 5. The first-order valence-electron chi connectivity index (χ1n) is 3.02. The van der Waals surface area contributed by atoms with Gasteiger partial charge in [-0.2, -0.15) is 0 Å². The summed E-state index contributed by atoms with van der Waals surface area (Å²) >= 11 is 0. The van der Waals surface area contributed by atoms with Crippen LogP contribution in [-0.2, 0) is 0 Å². The SMILES string of the molecule is OC(O)c1ccc(C(O)O)[nH]1. The second-order valence-corrected chi connectivity index (χ2v) is 2.12. The van der Waals surface area contributed by atoms with Crippen LogP contribution in [0.1, 0.15) is 24.0 Å². The molecule has 0 aliphatic heterocycles. The van der Waals surface area contributed by atoms with E-state index in [0.717, 1.165) is 0 Å². The highest BCUT2D eigenvalue weighted by molar-refractivity contribution is 5.14. The summed E-state index contributed by atoms with van der Waals surface area (Å²) in [6, 6.07) is 2.72. The summed E-state index contributed by atoms with van der Waals surface area (Å²) in [5, 5.41) is 34.3. The molecule has 0 unspecified atom stereocenters. The van der Waals surface area contributed by atoms with Gasteiger partial charge in [0.2, 0.25) is 0 Å². The number of aromatic amines is 1. The number of hydrogen-bond acceptors (Lipinski definition) is 4. The monoisotopic (exact) mass is 159 g/mol. The summed E-state index contributed by atoms with van der Waals surface area (Å²) in [5.41, 5.74) is 0.265. The molecule has 0 fully saturated rings. The smallest absolute Gasteiger partial charge is 0.193 e. The molecule has 0 atom stereocenters. The summed E-state index contributed by atoms with van der Waals surface area (Å²) in [4.78, 5) is 2.41. The van der Waals surface area contributed by atoms with Crippen molar-refractivity contribution in [1.82, 2.24) is 4.98 Å². The molecule has 0 aliphatic rings. The summed E-state index contributed by atoms with van der Waals surface area (Å²) in [6.07, 6.45) is -3.22. The van der Waals surface area contributed by atoms with Crippen LogP contribution in [0.5, 0.6) is 0 Å². The second kappa shape index (κ2) is 3.02. The standard InChI is InChI=1S/C6H9NO4/c8-5(9)3-1-2-4(7-3)6(10)11/h1-2,5-11H. The van der Waals surface area contributed by atoms with Crippen molar-refractivity contribution in [1.29, 1.82) is 0 Å². The topological polar surface area (TPSA) is 96.7 Å². The van der Waals surface area contributed by atoms with Crippen molar-refractivity contribution in [2.45, 2.75) is 12.6 Å². The summed E-state index contributed by atoms with van der Waals surface area (Å²) in [5.74, 6) is 0. The number of rotatable bonds is 2. The van der Waals surface area contributed by atoms with Crippen molar-refractivity contribution >= 4 is 0 Å². The maximum atomic E-state index is 8.58. The fourth-order valence-electron chi connectivity index (χ4n) is 0.731. The zero-order valence-electron chi connectivity index (χ0n) is 5.60. The number of aliphatic hydroxyl groups is 4. The van der Waals surface area contributed by atoms with E-state index in [1.165, 1.54) is 12.1 Å². The Hall–Kier alpha value is -0.880. The van der Waals surface area contributed by atoms with Gasteiger partial charge in [-0.1, -0.05) is 0 Å². The molecule has 62 valence electrons. The Kier molecular flexibility index (Phi) is 2.25. The molecule has 1 aromatic rings. The molecule has 5 nitrogen and oxygen atoms in total. The van der Waals surface area contributed by atoms with Gasteiger partial charge in [0.15, 0.2) is 12.6 Å². The van der Waals surface area contributed by atoms with Crippen LogP contribution in [0.3, 0.4) is 0 Å². The van der Waals surface area contributed by atoms with E-state index in [9.17, 15) is 0 Å². The average molecular weight is 159 g/mol. The fraction of sp³-hybridized carbons (Fsp3) is 0.333. The predicted molar refractivity (Wildman–Crippen MR) is 35.1 cm³/mol. The van der Waals surface area contributed by atoms with E-state index in [1.807, 2.05) is 0 Å². The Bertz CT molecular complexity index is 208. The van der Waals surface area contributed by atoms with Crippen LogP contribution in [0.4, 0.5) is 0 Å². The highest BCUT2D eigenvalue weighted by Gasteiger charge is 2.08. The molecule has 0 saturated carbocycles. The number of nitrogens with one attached hydrogen (secondary N) is 1. The highest BCUT2D eigenvalue weighted by Crippen LogP contribution is 2.13. The van der Waals surface area contributed by atoms with Gasteiger partial charge in [0.25, 0.3) is 0 Å². The molecule has 0 bridgehead atoms. The minimum absolute atomic E-state index is 0.133. The Morgan fingerprint density at radius 3 is 1.45 bits per heavy atom. The van der Waals surface area contributed by atoms with Crippen molar-refractivity contribution in [3.05, 3.63) is 23.5 Å². The van der Waals surface area contributed by atoms with Gasteiger partial charge in [0.05, 0.1) is 11.4 Å². The van der Waals surface area contributed by atoms with Gasteiger partial charge in [0, 0.05) is 0 Å². The summed E-state index contributed by atoms with van der Waals surface area (Å²) in [7, 11) is 0. The summed E-state index contributed by atoms with van der Waals surface area (Å²) in [6.45, 7) is 0. The maximum absolute atomic E-state index is 8.58. The third kappa shape index (κ3) is 1.78. The van der Waals surface area contributed by atoms with Crippen molar-refractivity contribution in [2.24, 2.45) is 0 Å². The minimum atomic E-state index is -1.61. The van der Waals surface area contributed by atoms with Crippen molar-refractivity contribution in [3.8, 4) is 0 Å². The highest BCUT2D eigenvalue weighted by atomic mass is 16.5. The molecular formula is C6H9NO4. The second-order valence-electron chi connectivity index (χ2n) is 2.12. The van der Waals surface area contributed by atoms with Crippen molar-refractivity contribution < 1.29 is 20.4 Å². The van der Waals surface area contributed by atoms with E-state index in [-0.39, 0.29) is 11.4 Å². The average Bonchev–Trinajstić information content (AvgIpc) is 2.33. The van der Waals surface area contributed by atoms with Crippen LogP contribution < -0.4 is 0 Å². The van der Waals surface area contributed by atoms with Crippen molar-refractivity contribution in [2.75, 3.05) is 0 Å². The molecule has 0 aromatic carbocycles. The molecule has 1 aromatic heterocycles. The Labute approximate surface area is 62.5 Å². The molecule has 1 rings (SSSR count). The summed E-state index contributed by atoms with van der Waals surface area (Å²) < 4.78 is 0. The van der Waals surface area contributed by atoms with Crippen molar-refractivity contribution in [3.63, 3.8) is 0 Å². The minimum Gasteiger partial charge on any atom is -0.363 e. The van der Waals surface area contributed by atoms with Gasteiger partial charge < -0.3 is 25.4 Å². The lowest BCUT2D eigenvalue weighted by molar-refractivity contribution is -0.0519. The van der Waals surface area contributed by atoms with Gasteiger partial charge in [-0.25, -0.2) is 0 Å². The van der Waals surface area contributed by atoms with E-state index in [2.05, 4.69) is 4.98 Å². The molecule has 11 heavy (non-hydrogen) atoms. The van der Waals surface area contributed by atoms with Crippen LogP contribution in [0.15, 0.2) is 12.1 Å². The van der Waals surface area contributed by atoms with Gasteiger partial charge in [-0.15, -0.1) is 0 Å². The first kappa shape index (κ1) is 8.22. The molecule has 0 amide bonds. The quantitative estimate of drug-likeness (QED) is 0.357. The third-order valence-electron chi connectivity index (χ3n) is 1.29. The predicted octanol–water partition coefficient (Wildman–Crippen LogP) is -1.02. The first-order valence-corrected chi connectivity index (χ1v) is 3.02. The van der Waals surface area contributed by atoms with Crippen LogP contribution in [0.2, 0.25) is 0 Å². The molecule has 5 heteroatoms. The maximum Gasteiger partial charge on any atom is 0.193 e. The Morgan fingerprint density at radius 2 is 1.27 bits per heavy atom. The fourth-order valence-corrected chi connectivity index (χ4v) is 0.731. The Balaban J connectivity index is 2.82. The molecule has 0 saturated heterocycles. The lowest BCUT2D eigenvalue weighted by atomic mass is 10.4. The molecule has 0 spiro atoms. The van der Waals surface area contributed by atoms with Gasteiger partial charge in [-0.05, 0) is 12.1 Å². The van der Waals surface area contributed by atoms with Gasteiger partial charge >= 0.3 is 0 Å². The number of aromatic nitrogens is 1. The zero-order valence-corrected chi connectivity index (χ0v) is 5.60. The molecule has 0 radical (unpaired) electrons. The lowest BCUT2D eigenvalue weighted by Gasteiger charge is -2.00. The van der Waals surface area contributed by atoms with Crippen LogP contribution in [-0.4, -0.2) is 25.4 Å². The largest absolute Gasteiger partial charge is 0.363 e. The van der Waals surface area contributed by atoms with E-state index in [0.29, 0.717) is 0 Å². The molecular weight excluding hydrogens is 150 g/mol. The number of aliphatic hydroxyl groups excluding tert-OH is 2. The van der Waals surface area contributed by atoms with Gasteiger partial charge in [-0.3, -0.25) is 0 Å². The van der Waals surface area contributed by atoms with E-state index in [4.69, 9.17) is 20.4 Å². The molecule has 5 N–H and O–H groups in total. The third-order valence-corrected chi connectivity index (χ3v) is 1.29. The van der Waals surface area contributed by atoms with E-state index in [1.54, 1.807) is 0 Å². The lowest BCUT2D eigenvalue weighted by Crippen LogP contribution is -1.98. The normalized spacial score (nSPS) is 11.5. The molecule has 0 aliphatic carbocycles. The molecule has 1 heterocycles. The first-order chi connectivity index (χ1) is 5.11. The number of H-pyrrole nitrogens is 1. The van der Waals surface area contributed by atoms with Gasteiger partial charge in [0.1, 0.15) is 0 Å².